The van der Waals surface area contributed by atoms with Crippen LogP contribution in [-0.2, 0) is 4.74 Å². The zero-order chi connectivity index (χ0) is 15.3. The summed E-state index contributed by atoms with van der Waals surface area (Å²) in [6.07, 6.45) is 0.379. The molecule has 0 saturated heterocycles. The van der Waals surface area contributed by atoms with Crippen molar-refractivity contribution in [1.29, 1.82) is 0 Å². The molecule has 9 nitrogen and oxygen atoms in total. The lowest BCUT2D eigenvalue weighted by molar-refractivity contribution is -0.385. The van der Waals surface area contributed by atoms with Gasteiger partial charge in [-0.25, -0.2) is 4.98 Å². The Balaban J connectivity index is 2.89. The molecule has 0 amide bonds. The molecule has 20 heavy (non-hydrogen) atoms. The third-order valence-corrected chi connectivity index (χ3v) is 2.74. The lowest BCUT2D eigenvalue weighted by Gasteiger charge is -2.23. The van der Waals surface area contributed by atoms with Crippen molar-refractivity contribution in [3.8, 4) is 0 Å². The summed E-state index contributed by atoms with van der Waals surface area (Å²) in [6.45, 7) is 3.53. The van der Waals surface area contributed by atoms with Gasteiger partial charge >= 0.3 is 5.69 Å². The molecule has 0 bridgehead atoms. The van der Waals surface area contributed by atoms with Crippen LogP contribution in [-0.4, -0.2) is 45.9 Å². The summed E-state index contributed by atoms with van der Waals surface area (Å²) < 4.78 is 4.89. The van der Waals surface area contributed by atoms with Gasteiger partial charge in [-0.15, -0.1) is 0 Å². The highest BCUT2D eigenvalue weighted by atomic mass is 16.6. The van der Waals surface area contributed by atoms with E-state index in [9.17, 15) is 15.2 Å². The zero-order valence-electron chi connectivity index (χ0n) is 11.7. The second-order valence-corrected chi connectivity index (χ2v) is 4.71. The first-order valence-electron chi connectivity index (χ1n) is 6.00. The fraction of sp³-hybridized carbons (Fsp3) is 0.636. The molecule has 1 heterocycles. The largest absolute Gasteiger partial charge is 0.388 e. The lowest BCUT2D eigenvalue weighted by atomic mass is 10.0. The van der Waals surface area contributed by atoms with Gasteiger partial charge in [0, 0.05) is 26.7 Å². The topological polar surface area (TPSA) is 136 Å². The molecule has 0 aromatic carbocycles. The summed E-state index contributed by atoms with van der Waals surface area (Å²) in [5.41, 5.74) is 4.31. The Bertz CT molecular complexity index is 492. The summed E-state index contributed by atoms with van der Waals surface area (Å²) in [7, 11) is 1.53. The molecule has 0 saturated carbocycles. The van der Waals surface area contributed by atoms with Crippen molar-refractivity contribution in [1.82, 2.24) is 9.97 Å². The van der Waals surface area contributed by atoms with Crippen molar-refractivity contribution < 1.29 is 14.8 Å². The number of hydrogen-bond donors (Lipinski definition) is 3. The van der Waals surface area contributed by atoms with Crippen LogP contribution in [0.5, 0.6) is 0 Å². The highest BCUT2D eigenvalue weighted by Gasteiger charge is 2.25. The number of nitro groups is 1. The van der Waals surface area contributed by atoms with Crippen LogP contribution in [0.25, 0.3) is 0 Å². The molecule has 4 N–H and O–H groups in total. The van der Waals surface area contributed by atoms with Crippen LogP contribution in [0.3, 0.4) is 0 Å². The molecular weight excluding hydrogens is 266 g/mol. The molecule has 1 atom stereocenters. The van der Waals surface area contributed by atoms with Crippen LogP contribution in [0.1, 0.15) is 19.0 Å². The SMILES string of the molecule is COCCC(C)(O)CNc1nc(N)nc(C)c1[N+](=O)[O-]. The van der Waals surface area contributed by atoms with E-state index in [1.807, 2.05) is 0 Å². The average Bonchev–Trinajstić information content (AvgIpc) is 2.32. The van der Waals surface area contributed by atoms with Crippen molar-refractivity contribution in [2.24, 2.45) is 0 Å². The van der Waals surface area contributed by atoms with Gasteiger partial charge in [-0.05, 0) is 13.8 Å². The van der Waals surface area contributed by atoms with E-state index in [1.165, 1.54) is 14.0 Å². The second kappa shape index (κ2) is 6.44. The highest BCUT2D eigenvalue weighted by Crippen LogP contribution is 2.26. The molecule has 1 rings (SSSR count). The van der Waals surface area contributed by atoms with Crippen molar-refractivity contribution >= 4 is 17.5 Å². The van der Waals surface area contributed by atoms with Gasteiger partial charge in [-0.3, -0.25) is 10.1 Å². The van der Waals surface area contributed by atoms with Crippen molar-refractivity contribution in [2.45, 2.75) is 25.9 Å². The number of rotatable bonds is 7. The maximum absolute atomic E-state index is 11.0. The molecule has 0 radical (unpaired) electrons. The number of hydrogen-bond acceptors (Lipinski definition) is 8. The minimum atomic E-state index is -1.09. The molecule has 9 heteroatoms. The normalized spacial score (nSPS) is 13.8. The fourth-order valence-corrected chi connectivity index (χ4v) is 1.61. The van der Waals surface area contributed by atoms with E-state index in [0.29, 0.717) is 13.0 Å². The number of nitrogen functional groups attached to an aromatic ring is 1. The number of nitrogens with zero attached hydrogens (tertiary/aromatic N) is 3. The molecule has 0 aliphatic heterocycles. The Morgan fingerprint density at radius 1 is 1.55 bits per heavy atom. The number of anilines is 2. The first-order chi connectivity index (χ1) is 9.26. The molecule has 0 aliphatic carbocycles. The third kappa shape index (κ3) is 4.28. The molecule has 0 spiro atoms. The smallest absolute Gasteiger partial charge is 0.332 e. The van der Waals surface area contributed by atoms with Gasteiger partial charge in [0.2, 0.25) is 11.8 Å². The maximum atomic E-state index is 11.0. The zero-order valence-corrected chi connectivity index (χ0v) is 11.7. The minimum Gasteiger partial charge on any atom is -0.388 e. The number of ether oxygens (including phenoxy) is 1. The molecule has 0 fully saturated rings. The van der Waals surface area contributed by atoms with Crippen LogP contribution >= 0.6 is 0 Å². The number of nitrogens with two attached hydrogens (primary N) is 1. The number of aromatic nitrogens is 2. The predicted molar refractivity (Wildman–Crippen MR) is 73.4 cm³/mol. The second-order valence-electron chi connectivity index (χ2n) is 4.71. The maximum Gasteiger partial charge on any atom is 0.332 e. The van der Waals surface area contributed by atoms with E-state index < -0.39 is 10.5 Å². The average molecular weight is 285 g/mol. The molecular formula is C11H19N5O4. The first-order valence-corrected chi connectivity index (χ1v) is 6.00. The van der Waals surface area contributed by atoms with Gasteiger partial charge in [0.15, 0.2) is 0 Å². The third-order valence-electron chi connectivity index (χ3n) is 2.74. The summed E-state index contributed by atoms with van der Waals surface area (Å²) >= 11 is 0. The molecule has 112 valence electrons. The van der Waals surface area contributed by atoms with E-state index in [4.69, 9.17) is 10.5 Å². The summed E-state index contributed by atoms with van der Waals surface area (Å²) in [4.78, 5) is 18.0. The van der Waals surface area contributed by atoms with Crippen molar-refractivity contribution in [3.05, 3.63) is 15.8 Å². The molecule has 1 aromatic rings. The summed E-state index contributed by atoms with van der Waals surface area (Å²) in [6, 6.07) is 0. The quantitative estimate of drug-likeness (QED) is 0.486. The fourth-order valence-electron chi connectivity index (χ4n) is 1.61. The Morgan fingerprint density at radius 3 is 2.75 bits per heavy atom. The summed E-state index contributed by atoms with van der Waals surface area (Å²) in [5, 5.41) is 23.8. The van der Waals surface area contributed by atoms with Gasteiger partial charge in [0.1, 0.15) is 5.69 Å². The van der Waals surface area contributed by atoms with Crippen LogP contribution < -0.4 is 11.1 Å². The van der Waals surface area contributed by atoms with Crippen molar-refractivity contribution in [3.63, 3.8) is 0 Å². The van der Waals surface area contributed by atoms with E-state index in [2.05, 4.69) is 15.3 Å². The van der Waals surface area contributed by atoms with E-state index in [1.54, 1.807) is 6.92 Å². The van der Waals surface area contributed by atoms with Gasteiger partial charge in [-0.1, -0.05) is 0 Å². The number of nitrogens with one attached hydrogen (secondary N) is 1. The van der Waals surface area contributed by atoms with Gasteiger partial charge in [-0.2, -0.15) is 4.98 Å². The Morgan fingerprint density at radius 2 is 2.20 bits per heavy atom. The number of aryl methyl sites for hydroxylation is 1. The molecule has 0 aliphatic rings. The standard InChI is InChI=1S/C11H19N5O4/c1-7-8(16(18)19)9(15-10(12)14-7)13-6-11(2,17)4-5-20-3/h17H,4-6H2,1-3H3,(H3,12,13,14,15). The van der Waals surface area contributed by atoms with Gasteiger partial charge in [0.05, 0.1) is 10.5 Å². The van der Waals surface area contributed by atoms with Crippen molar-refractivity contribution in [2.75, 3.05) is 31.3 Å². The predicted octanol–water partition coefficient (Wildman–Crippen LogP) is 0.475. The summed E-state index contributed by atoms with van der Waals surface area (Å²) in [5.74, 6) is -0.0650. The minimum absolute atomic E-state index is 0.00214. The van der Waals surface area contributed by atoms with E-state index in [0.717, 1.165) is 0 Å². The molecule has 1 aromatic heterocycles. The lowest BCUT2D eigenvalue weighted by Crippen LogP contribution is -2.35. The van der Waals surface area contributed by atoms with Crippen LogP contribution in [0.15, 0.2) is 0 Å². The molecule has 1 unspecified atom stereocenters. The highest BCUT2D eigenvalue weighted by molar-refractivity contribution is 5.60. The van der Waals surface area contributed by atoms with Crippen LogP contribution in [0.2, 0.25) is 0 Å². The Kier molecular flexibility index (Phi) is 5.17. The monoisotopic (exact) mass is 285 g/mol. The van der Waals surface area contributed by atoms with Crippen LogP contribution in [0, 0.1) is 17.0 Å². The number of aliphatic hydroxyl groups is 1. The Labute approximate surface area is 116 Å². The number of methoxy groups -OCH3 is 1. The van der Waals surface area contributed by atoms with E-state index in [-0.39, 0.29) is 29.7 Å². The Hall–Kier alpha value is -2.00. The van der Waals surface area contributed by atoms with Crippen LogP contribution in [0.4, 0.5) is 17.5 Å². The van der Waals surface area contributed by atoms with E-state index >= 15 is 0 Å². The first kappa shape index (κ1) is 16.1. The van der Waals surface area contributed by atoms with Gasteiger partial charge < -0.3 is 20.9 Å². The van der Waals surface area contributed by atoms with Gasteiger partial charge in [0.25, 0.3) is 0 Å².